The number of carbonyl (C=O) groups is 1. The Hall–Kier alpha value is -2.61. The summed E-state index contributed by atoms with van der Waals surface area (Å²) in [5.41, 5.74) is -0.0570. The van der Waals surface area contributed by atoms with Crippen LogP contribution in [0.1, 0.15) is 15.2 Å². The Morgan fingerprint density at radius 2 is 2.00 bits per heavy atom. The summed E-state index contributed by atoms with van der Waals surface area (Å²) in [6, 6.07) is 7.08. The van der Waals surface area contributed by atoms with Gasteiger partial charge in [0.15, 0.2) is 0 Å². The molecule has 0 saturated carbocycles. The van der Waals surface area contributed by atoms with Crippen LogP contribution in [0.5, 0.6) is 0 Å². The molecular formula is C16H11F3N2O2S. The first-order valence-electron chi connectivity index (χ1n) is 6.79. The molecule has 0 aliphatic rings. The van der Waals surface area contributed by atoms with Crippen LogP contribution in [0.15, 0.2) is 41.9 Å². The van der Waals surface area contributed by atoms with Gasteiger partial charge in [-0.05, 0) is 23.6 Å². The first kappa shape index (κ1) is 16.3. The molecule has 1 aromatic carbocycles. The molecule has 3 rings (SSSR count). The van der Waals surface area contributed by atoms with Gasteiger partial charge in [0.2, 0.25) is 0 Å². The summed E-state index contributed by atoms with van der Waals surface area (Å²) in [4.78, 5) is 15.9. The number of halogens is 3. The molecule has 0 aliphatic heterocycles. The van der Waals surface area contributed by atoms with Gasteiger partial charge in [-0.3, -0.25) is 4.98 Å². The largest absolute Gasteiger partial charge is 0.465 e. The third kappa shape index (κ3) is 2.92. The van der Waals surface area contributed by atoms with Gasteiger partial charge in [-0.15, -0.1) is 11.3 Å². The van der Waals surface area contributed by atoms with E-state index in [4.69, 9.17) is 4.74 Å². The van der Waals surface area contributed by atoms with E-state index in [1.807, 2.05) is 0 Å². The Kier molecular flexibility index (Phi) is 4.15. The Labute approximate surface area is 138 Å². The fourth-order valence-electron chi connectivity index (χ4n) is 2.32. The van der Waals surface area contributed by atoms with E-state index in [1.54, 1.807) is 23.6 Å². The number of pyridine rings is 1. The van der Waals surface area contributed by atoms with Gasteiger partial charge in [-0.2, -0.15) is 13.2 Å². The summed E-state index contributed by atoms with van der Waals surface area (Å²) in [5.74, 6) is -0.512. The quantitative estimate of drug-likeness (QED) is 0.685. The molecule has 0 fully saturated rings. The van der Waals surface area contributed by atoms with Crippen LogP contribution in [0.2, 0.25) is 0 Å². The number of hydrogen-bond acceptors (Lipinski definition) is 5. The summed E-state index contributed by atoms with van der Waals surface area (Å²) >= 11 is 1.18. The minimum absolute atomic E-state index is 0.148. The zero-order chi connectivity index (χ0) is 17.3. The van der Waals surface area contributed by atoms with Crippen molar-refractivity contribution in [3.63, 3.8) is 0 Å². The van der Waals surface area contributed by atoms with E-state index in [-0.39, 0.29) is 5.52 Å². The lowest BCUT2D eigenvalue weighted by Crippen LogP contribution is -2.07. The molecule has 2 aromatic heterocycles. The summed E-state index contributed by atoms with van der Waals surface area (Å²) in [6.45, 7) is 0. The number of hydrogen-bond donors (Lipinski definition) is 1. The van der Waals surface area contributed by atoms with Crippen LogP contribution >= 0.6 is 11.3 Å². The fraction of sp³-hybridized carbons (Fsp3) is 0.125. The molecule has 0 unspecified atom stereocenters. The second-order valence-electron chi connectivity index (χ2n) is 4.84. The highest BCUT2D eigenvalue weighted by Crippen LogP contribution is 2.37. The van der Waals surface area contributed by atoms with Gasteiger partial charge in [-0.25, -0.2) is 4.79 Å². The normalized spacial score (nSPS) is 11.5. The topological polar surface area (TPSA) is 51.2 Å². The van der Waals surface area contributed by atoms with Crippen LogP contribution in [-0.4, -0.2) is 18.1 Å². The van der Waals surface area contributed by atoms with Crippen molar-refractivity contribution in [1.29, 1.82) is 0 Å². The number of rotatable bonds is 3. The van der Waals surface area contributed by atoms with E-state index >= 15 is 0 Å². The number of nitrogens with zero attached hydrogens (tertiary/aromatic N) is 1. The second-order valence-corrected chi connectivity index (χ2v) is 5.75. The van der Waals surface area contributed by atoms with E-state index in [9.17, 15) is 18.0 Å². The van der Waals surface area contributed by atoms with Crippen LogP contribution in [0.3, 0.4) is 0 Å². The van der Waals surface area contributed by atoms with Gasteiger partial charge in [-0.1, -0.05) is 12.1 Å². The molecule has 3 aromatic rings. The van der Waals surface area contributed by atoms with Gasteiger partial charge in [0.1, 0.15) is 4.88 Å². The molecule has 8 heteroatoms. The minimum Gasteiger partial charge on any atom is -0.465 e. The Bertz CT molecular complexity index is 906. The van der Waals surface area contributed by atoms with Crippen molar-refractivity contribution < 1.29 is 22.7 Å². The van der Waals surface area contributed by atoms with Crippen molar-refractivity contribution in [1.82, 2.24) is 4.98 Å². The first-order valence-corrected chi connectivity index (χ1v) is 7.67. The van der Waals surface area contributed by atoms with Crippen molar-refractivity contribution >= 4 is 39.6 Å². The number of carbonyl (C=O) groups excluding carboxylic acids is 1. The fourth-order valence-corrected chi connectivity index (χ4v) is 3.08. The smallest absolute Gasteiger partial charge is 0.418 e. The van der Waals surface area contributed by atoms with Gasteiger partial charge in [0, 0.05) is 17.3 Å². The first-order chi connectivity index (χ1) is 11.4. The molecule has 0 bridgehead atoms. The standard InChI is InChI=1S/C16H11F3N2O2S/c1-23-15(22)14-12(6-8-24-14)21-11-5-7-20-13-9(11)3-2-4-10(13)16(17,18)19/h2-8H,1H3,(H,20,21). The van der Waals surface area contributed by atoms with Crippen molar-refractivity contribution in [3.8, 4) is 0 Å². The lowest BCUT2D eigenvalue weighted by Gasteiger charge is -2.13. The third-order valence-electron chi connectivity index (χ3n) is 3.38. The average molecular weight is 352 g/mol. The number of aromatic nitrogens is 1. The van der Waals surface area contributed by atoms with Crippen molar-refractivity contribution in [2.24, 2.45) is 0 Å². The van der Waals surface area contributed by atoms with Crippen LogP contribution in [0.25, 0.3) is 10.9 Å². The van der Waals surface area contributed by atoms with Crippen molar-refractivity contribution in [3.05, 3.63) is 52.3 Å². The third-order valence-corrected chi connectivity index (χ3v) is 4.28. The Balaban J connectivity index is 2.09. The molecule has 124 valence electrons. The van der Waals surface area contributed by atoms with Gasteiger partial charge in [0.05, 0.1) is 23.9 Å². The molecular weight excluding hydrogens is 341 g/mol. The summed E-state index contributed by atoms with van der Waals surface area (Å²) in [5, 5.41) is 5.00. The van der Waals surface area contributed by atoms with E-state index in [0.717, 1.165) is 6.07 Å². The predicted molar refractivity (Wildman–Crippen MR) is 85.7 cm³/mol. The van der Waals surface area contributed by atoms with E-state index in [2.05, 4.69) is 10.3 Å². The van der Waals surface area contributed by atoms with Crippen LogP contribution in [-0.2, 0) is 10.9 Å². The van der Waals surface area contributed by atoms with E-state index < -0.39 is 17.7 Å². The lowest BCUT2D eigenvalue weighted by atomic mass is 10.1. The number of para-hydroxylation sites is 1. The second kappa shape index (κ2) is 6.12. The SMILES string of the molecule is COC(=O)c1sccc1Nc1ccnc2c(C(F)(F)F)cccc12. The maximum atomic E-state index is 13.1. The lowest BCUT2D eigenvalue weighted by molar-refractivity contribution is -0.136. The molecule has 0 spiro atoms. The van der Waals surface area contributed by atoms with Gasteiger partial charge >= 0.3 is 12.1 Å². The summed E-state index contributed by atoms with van der Waals surface area (Å²) in [6.07, 6.45) is -3.20. The number of thiophene rings is 1. The Morgan fingerprint density at radius 1 is 1.21 bits per heavy atom. The van der Waals surface area contributed by atoms with Gasteiger partial charge in [0.25, 0.3) is 0 Å². The number of methoxy groups -OCH3 is 1. The monoisotopic (exact) mass is 352 g/mol. The maximum absolute atomic E-state index is 13.1. The molecule has 1 N–H and O–H groups in total. The van der Waals surface area contributed by atoms with Gasteiger partial charge < -0.3 is 10.1 Å². The number of fused-ring (bicyclic) bond motifs is 1. The average Bonchev–Trinajstić information content (AvgIpc) is 3.01. The maximum Gasteiger partial charge on any atom is 0.418 e. The van der Waals surface area contributed by atoms with Crippen molar-refractivity contribution in [2.45, 2.75) is 6.18 Å². The minimum atomic E-state index is -4.50. The van der Waals surface area contributed by atoms with E-state index in [1.165, 1.54) is 30.7 Å². The zero-order valence-corrected chi connectivity index (χ0v) is 13.2. The number of alkyl halides is 3. The molecule has 24 heavy (non-hydrogen) atoms. The van der Waals surface area contributed by atoms with Crippen molar-refractivity contribution in [2.75, 3.05) is 12.4 Å². The predicted octanol–water partition coefficient (Wildman–Crippen LogP) is 4.85. The molecule has 0 atom stereocenters. The highest BCUT2D eigenvalue weighted by molar-refractivity contribution is 7.12. The molecule has 0 saturated heterocycles. The molecule has 0 radical (unpaired) electrons. The summed E-state index contributed by atoms with van der Waals surface area (Å²) < 4.78 is 44.1. The molecule has 4 nitrogen and oxygen atoms in total. The highest BCUT2D eigenvalue weighted by atomic mass is 32.1. The van der Waals surface area contributed by atoms with Crippen LogP contribution < -0.4 is 5.32 Å². The molecule has 0 amide bonds. The molecule has 2 heterocycles. The molecule has 0 aliphatic carbocycles. The highest BCUT2D eigenvalue weighted by Gasteiger charge is 2.33. The zero-order valence-electron chi connectivity index (χ0n) is 12.3. The number of anilines is 2. The van der Waals surface area contributed by atoms with Crippen LogP contribution in [0.4, 0.5) is 24.5 Å². The summed E-state index contributed by atoms with van der Waals surface area (Å²) in [7, 11) is 1.27. The van der Waals surface area contributed by atoms with Crippen LogP contribution in [0, 0.1) is 0 Å². The number of nitrogens with one attached hydrogen (secondary N) is 1. The van der Waals surface area contributed by atoms with E-state index in [0.29, 0.717) is 21.6 Å². The Morgan fingerprint density at radius 3 is 2.71 bits per heavy atom. The number of ether oxygens (including phenoxy) is 1. The number of benzene rings is 1. The number of esters is 1.